The predicted octanol–water partition coefficient (Wildman–Crippen LogP) is 9.08. The molecule has 0 saturated heterocycles. The molecule has 0 radical (unpaired) electrons. The maximum absolute atomic E-state index is 13.1. The Hall–Kier alpha value is -8.87. The number of hydrogen-bond donors (Lipinski definition) is 4. The fourth-order valence-corrected chi connectivity index (χ4v) is 8.30. The highest BCUT2D eigenvalue weighted by atomic mass is 19.4. The van der Waals surface area contributed by atoms with E-state index >= 15 is 0 Å². The smallest absolute Gasteiger partial charge is 0.432 e. The molecule has 0 bridgehead atoms. The highest BCUT2D eigenvalue weighted by molar-refractivity contribution is 5.99. The van der Waals surface area contributed by atoms with Crippen LogP contribution in [0.25, 0.3) is 67.1 Å². The van der Waals surface area contributed by atoms with Gasteiger partial charge in [0.05, 0.1) is 30.0 Å². The number of benzene rings is 2. The Labute approximate surface area is 395 Å². The van der Waals surface area contributed by atoms with Gasteiger partial charge >= 0.3 is 6.18 Å². The van der Waals surface area contributed by atoms with Crippen LogP contribution in [-0.4, -0.2) is 48.2 Å². The second-order valence-corrected chi connectivity index (χ2v) is 17.1. The summed E-state index contributed by atoms with van der Waals surface area (Å²) in [6, 6.07) is 18.0. The van der Waals surface area contributed by atoms with Gasteiger partial charge in [-0.1, -0.05) is 36.4 Å². The van der Waals surface area contributed by atoms with Crippen LogP contribution in [0.5, 0.6) is 23.0 Å². The first-order chi connectivity index (χ1) is 33.3. The number of imidazole rings is 2. The molecule has 0 amide bonds. The van der Waals surface area contributed by atoms with Crippen molar-refractivity contribution in [3.8, 4) is 68.3 Å². The standard InChI is InChI=1S/C26H22F3N5O3.C25H23N5O3/c1-13-6-5-7-14(2)23(13)37-19-12-33(3)21(35)9-15(19)17-11-34(4)25(36)22-16(17)8-18(31-22)24-30-10-20(32-24)26(27,28)29;1-14-6-5-7-15(2)23(14)33-20-13-29(3)21(31)11-16(20)18-12-30(4)25(32)22-17(18)10-19(28-22)24-26-8-9-27-24/h5-12,31H,1-4H3,(H,30,32);5-13,28H,1-4H3,(H,26,27). The third-order valence-electron chi connectivity index (χ3n) is 12.0. The van der Waals surface area contributed by atoms with E-state index < -0.39 is 17.4 Å². The maximum Gasteiger partial charge on any atom is 0.432 e. The number of aromatic nitrogens is 10. The van der Waals surface area contributed by atoms with E-state index in [1.165, 1.54) is 30.4 Å². The van der Waals surface area contributed by atoms with Gasteiger partial charge in [-0.25, -0.2) is 9.97 Å². The molecule has 0 aliphatic carbocycles. The van der Waals surface area contributed by atoms with Crippen LogP contribution in [0.1, 0.15) is 27.9 Å². The molecular weight excluding hydrogens is 906 g/mol. The van der Waals surface area contributed by atoms with Crippen LogP contribution in [0.2, 0.25) is 0 Å². The van der Waals surface area contributed by atoms with Crippen LogP contribution in [0.4, 0.5) is 13.2 Å². The lowest BCUT2D eigenvalue weighted by Gasteiger charge is -2.17. The summed E-state index contributed by atoms with van der Waals surface area (Å²) in [4.78, 5) is 70.6. The van der Waals surface area contributed by atoms with Crippen molar-refractivity contribution in [1.82, 2.24) is 48.2 Å². The molecule has 8 aromatic heterocycles. The molecule has 4 N–H and O–H groups in total. The summed E-state index contributed by atoms with van der Waals surface area (Å²) in [6.45, 7) is 7.78. The Kier molecular flexibility index (Phi) is 11.7. The minimum Gasteiger partial charge on any atom is -0.455 e. The number of hydrogen-bond acceptors (Lipinski definition) is 8. The number of aryl methyl sites for hydroxylation is 8. The van der Waals surface area contributed by atoms with E-state index in [1.54, 1.807) is 71.4 Å². The number of alkyl halides is 3. The minimum atomic E-state index is -4.59. The third kappa shape index (κ3) is 8.52. The van der Waals surface area contributed by atoms with Gasteiger partial charge in [-0.05, 0) is 62.1 Å². The van der Waals surface area contributed by atoms with Gasteiger partial charge in [0.15, 0.2) is 23.1 Å². The van der Waals surface area contributed by atoms with Gasteiger partial charge in [-0.3, -0.25) is 19.2 Å². The Morgan fingerprint density at radius 2 is 0.986 bits per heavy atom. The lowest BCUT2D eigenvalue weighted by atomic mass is 10.0. The van der Waals surface area contributed by atoms with Gasteiger partial charge in [-0.15, -0.1) is 0 Å². The second kappa shape index (κ2) is 17.7. The molecule has 8 heterocycles. The molecule has 0 fully saturated rings. The van der Waals surface area contributed by atoms with E-state index in [0.717, 1.165) is 28.0 Å². The molecule has 0 saturated carbocycles. The molecule has 10 rings (SSSR count). The number of aromatic amines is 4. The van der Waals surface area contributed by atoms with Gasteiger partial charge in [0.25, 0.3) is 22.2 Å². The van der Waals surface area contributed by atoms with Gasteiger partial charge in [0, 0.05) is 98.1 Å². The third-order valence-corrected chi connectivity index (χ3v) is 12.0. The number of ether oxygens (including phenoxy) is 2. The molecule has 0 unspecified atom stereocenters. The van der Waals surface area contributed by atoms with Crippen LogP contribution >= 0.6 is 0 Å². The summed E-state index contributed by atoms with van der Waals surface area (Å²) < 4.78 is 57.7. The number of halogens is 3. The van der Waals surface area contributed by atoms with Crippen molar-refractivity contribution in [2.75, 3.05) is 0 Å². The molecule has 356 valence electrons. The van der Waals surface area contributed by atoms with Gasteiger partial charge in [-0.2, -0.15) is 13.2 Å². The summed E-state index contributed by atoms with van der Waals surface area (Å²) in [7, 11) is 6.52. The quantitative estimate of drug-likeness (QED) is 0.116. The summed E-state index contributed by atoms with van der Waals surface area (Å²) in [5.41, 5.74) is 5.39. The van der Waals surface area contributed by atoms with Crippen molar-refractivity contribution < 1.29 is 22.6 Å². The van der Waals surface area contributed by atoms with Crippen LogP contribution in [0, 0.1) is 27.7 Å². The Morgan fingerprint density at radius 1 is 0.543 bits per heavy atom. The van der Waals surface area contributed by atoms with E-state index in [9.17, 15) is 32.3 Å². The highest BCUT2D eigenvalue weighted by Gasteiger charge is 2.33. The number of pyridine rings is 4. The average molecular weight is 951 g/mol. The zero-order valence-corrected chi connectivity index (χ0v) is 39.1. The summed E-state index contributed by atoms with van der Waals surface area (Å²) in [5.74, 6) is 2.81. The largest absolute Gasteiger partial charge is 0.455 e. The molecule has 16 nitrogen and oxygen atoms in total. The first kappa shape index (κ1) is 46.2. The zero-order valence-electron chi connectivity index (χ0n) is 39.1. The molecular formula is C51H45F3N10O6. The lowest BCUT2D eigenvalue weighted by Crippen LogP contribution is -2.18. The molecule has 70 heavy (non-hydrogen) atoms. The number of rotatable bonds is 8. The Morgan fingerprint density at radius 3 is 1.39 bits per heavy atom. The summed E-state index contributed by atoms with van der Waals surface area (Å²) in [6.07, 6.45) is 6.01. The van der Waals surface area contributed by atoms with Crippen molar-refractivity contribution in [3.05, 3.63) is 173 Å². The predicted molar refractivity (Wildman–Crippen MR) is 261 cm³/mol. The number of nitrogens with one attached hydrogen (secondary N) is 4. The lowest BCUT2D eigenvalue weighted by molar-refractivity contribution is -0.140. The Balaban J connectivity index is 0.000000175. The summed E-state index contributed by atoms with van der Waals surface area (Å²) >= 11 is 0. The van der Waals surface area contributed by atoms with E-state index in [1.807, 2.05) is 70.2 Å². The van der Waals surface area contributed by atoms with E-state index in [2.05, 4.69) is 29.9 Å². The van der Waals surface area contributed by atoms with E-state index in [0.29, 0.717) is 73.5 Å². The van der Waals surface area contributed by atoms with Crippen molar-refractivity contribution in [2.45, 2.75) is 33.9 Å². The normalized spacial score (nSPS) is 11.6. The fraction of sp³-hybridized carbons (Fsp3) is 0.176. The highest BCUT2D eigenvalue weighted by Crippen LogP contribution is 2.40. The fourth-order valence-electron chi connectivity index (χ4n) is 8.30. The van der Waals surface area contributed by atoms with Gasteiger partial charge < -0.3 is 47.7 Å². The zero-order chi connectivity index (χ0) is 49.9. The van der Waals surface area contributed by atoms with Crippen molar-refractivity contribution >= 4 is 21.8 Å². The SMILES string of the molecule is Cc1cccc(C)c1Oc1cn(C)c(=O)cc1-c1cn(C)c(=O)c2[nH]c(-c3ncc(C(F)(F)F)[nH]3)cc12.Cc1cccc(C)c1Oc1cn(C)c(=O)cc1-c1cn(C)c(=O)c2[nH]c(-c3ncc[nH]3)cc12. The van der Waals surface area contributed by atoms with Crippen LogP contribution in [0.3, 0.4) is 0 Å². The van der Waals surface area contributed by atoms with Crippen LogP contribution in [-0.2, 0) is 34.4 Å². The number of para-hydroxylation sites is 2. The monoisotopic (exact) mass is 950 g/mol. The molecule has 0 aliphatic heterocycles. The van der Waals surface area contributed by atoms with Crippen LogP contribution in [0.15, 0.2) is 123 Å². The Bertz CT molecular complexity index is 3880. The van der Waals surface area contributed by atoms with E-state index in [4.69, 9.17) is 9.47 Å². The van der Waals surface area contributed by atoms with Crippen molar-refractivity contribution in [2.24, 2.45) is 28.2 Å². The topological polar surface area (TPSA) is 195 Å². The molecule has 2 aromatic carbocycles. The number of H-pyrrole nitrogens is 4. The molecule has 0 atom stereocenters. The first-order valence-electron chi connectivity index (χ1n) is 21.7. The van der Waals surface area contributed by atoms with Gasteiger partial charge in [0.1, 0.15) is 28.2 Å². The number of nitrogens with zero attached hydrogens (tertiary/aromatic N) is 6. The summed E-state index contributed by atoms with van der Waals surface area (Å²) in [5, 5.41) is 1.09. The van der Waals surface area contributed by atoms with Crippen molar-refractivity contribution in [1.29, 1.82) is 0 Å². The molecule has 0 spiro atoms. The maximum atomic E-state index is 13.1. The van der Waals surface area contributed by atoms with Crippen molar-refractivity contribution in [3.63, 3.8) is 0 Å². The van der Waals surface area contributed by atoms with Gasteiger partial charge in [0.2, 0.25) is 0 Å². The molecule has 10 aromatic rings. The second-order valence-electron chi connectivity index (χ2n) is 17.1. The molecule has 19 heteroatoms. The molecule has 0 aliphatic rings. The number of fused-ring (bicyclic) bond motifs is 2. The van der Waals surface area contributed by atoms with Crippen LogP contribution < -0.4 is 31.7 Å². The first-order valence-corrected chi connectivity index (χ1v) is 21.7. The average Bonchev–Trinajstić information content (AvgIpc) is 4.16. The minimum absolute atomic E-state index is 0.0764. The van der Waals surface area contributed by atoms with E-state index in [-0.39, 0.29) is 33.7 Å².